The number of hydrogen-bond donors (Lipinski definition) is 1. The van der Waals surface area contributed by atoms with E-state index in [1.165, 1.54) is 25.6 Å². The molecular weight excluding hydrogens is 648 g/mol. The van der Waals surface area contributed by atoms with Crippen LogP contribution in [0.5, 0.6) is 18.0 Å². The molecule has 252 valence electrons. The summed E-state index contributed by atoms with van der Waals surface area (Å²) in [7, 11) is 2.67. The predicted molar refractivity (Wildman–Crippen MR) is 182 cm³/mol. The van der Waals surface area contributed by atoms with Gasteiger partial charge in [-0.05, 0) is 37.5 Å². The van der Waals surface area contributed by atoms with Gasteiger partial charge in [-0.3, -0.25) is 0 Å². The van der Waals surface area contributed by atoms with Gasteiger partial charge in [0.2, 0.25) is 12.3 Å². The van der Waals surface area contributed by atoms with Gasteiger partial charge in [-0.15, -0.1) is 26.3 Å². The highest BCUT2D eigenvalue weighted by atomic mass is 32.1. The van der Waals surface area contributed by atoms with E-state index in [4.69, 9.17) is 28.8 Å². The summed E-state index contributed by atoms with van der Waals surface area (Å²) in [6, 6.07) is 29.2. The molecule has 0 aliphatic heterocycles. The number of nitrogens with one attached hydrogen (secondary N) is 1. The number of nitrogens with zero attached hydrogens (tertiary/aromatic N) is 5. The van der Waals surface area contributed by atoms with Crippen LogP contribution >= 0.6 is 11.3 Å². The number of aromatic nitrogens is 4. The molecule has 0 amide bonds. The standard InChI is InChI=1S/C35H34N6O7S/c1-34(2,3)48-27(42)21-46-41-28(29(43)47-32-38-30(44-4)37-31(39-32)45-5)26-22-49-33(36-26)40-35(23-15-9-6-10-16-23,24-17-11-7-12-18-24)25-19-13-8-14-20-25/h6-20,22H,21H2,1-5H3,(H,36,40)/b41-28-. The number of carbonyl (C=O) groups excluding carboxylic acids is 2. The second kappa shape index (κ2) is 15.3. The van der Waals surface area contributed by atoms with Crippen LogP contribution in [0.1, 0.15) is 43.2 Å². The minimum atomic E-state index is -1.03. The number of esters is 2. The molecule has 5 rings (SSSR count). The van der Waals surface area contributed by atoms with E-state index in [0.29, 0.717) is 5.13 Å². The van der Waals surface area contributed by atoms with Gasteiger partial charge < -0.3 is 29.1 Å². The highest BCUT2D eigenvalue weighted by Crippen LogP contribution is 2.40. The molecule has 14 heteroatoms. The number of oxime groups is 1. The van der Waals surface area contributed by atoms with Crippen LogP contribution in [0.4, 0.5) is 5.13 Å². The molecule has 13 nitrogen and oxygen atoms in total. The third-order valence-corrected chi connectivity index (χ3v) is 7.49. The van der Waals surface area contributed by atoms with Gasteiger partial charge in [-0.25, -0.2) is 14.6 Å². The van der Waals surface area contributed by atoms with Crippen molar-refractivity contribution in [2.75, 3.05) is 26.1 Å². The van der Waals surface area contributed by atoms with Crippen molar-refractivity contribution >= 4 is 34.1 Å². The lowest BCUT2D eigenvalue weighted by Gasteiger charge is -2.36. The number of carbonyl (C=O) groups is 2. The van der Waals surface area contributed by atoms with Crippen LogP contribution in [-0.4, -0.2) is 64.0 Å². The third-order valence-electron chi connectivity index (χ3n) is 6.74. The lowest BCUT2D eigenvalue weighted by atomic mass is 9.77. The first-order valence-electron chi connectivity index (χ1n) is 15.0. The molecule has 0 bridgehead atoms. The molecule has 5 aromatic rings. The van der Waals surface area contributed by atoms with Crippen LogP contribution in [0.3, 0.4) is 0 Å². The Morgan fingerprint density at radius 1 is 0.735 bits per heavy atom. The van der Waals surface area contributed by atoms with Gasteiger partial charge in [0.05, 0.1) is 14.2 Å². The third kappa shape index (κ3) is 8.53. The molecule has 0 aliphatic rings. The zero-order valence-electron chi connectivity index (χ0n) is 27.4. The SMILES string of the molecule is COc1nc(OC)nc(OC(=O)/C(=N\OCC(=O)OC(C)(C)C)c2csc(NC(c3ccccc3)(c3ccccc3)c3ccccc3)n2)n1. The summed E-state index contributed by atoms with van der Waals surface area (Å²) in [5.74, 6) is -1.72. The molecule has 2 heterocycles. The van der Waals surface area contributed by atoms with E-state index in [-0.39, 0.29) is 23.4 Å². The molecule has 0 radical (unpaired) electrons. The molecule has 49 heavy (non-hydrogen) atoms. The molecule has 0 saturated heterocycles. The minimum Gasteiger partial charge on any atom is -0.467 e. The maximum atomic E-state index is 13.6. The second-order valence-electron chi connectivity index (χ2n) is 11.3. The summed E-state index contributed by atoms with van der Waals surface area (Å²) in [6.45, 7) is 4.59. The van der Waals surface area contributed by atoms with Gasteiger partial charge >= 0.3 is 30.0 Å². The highest BCUT2D eigenvalue weighted by Gasteiger charge is 2.37. The summed E-state index contributed by atoms with van der Waals surface area (Å²) in [6.07, 6.45) is 0. The van der Waals surface area contributed by atoms with Crippen LogP contribution < -0.4 is 19.5 Å². The summed E-state index contributed by atoms with van der Waals surface area (Å²) in [5.41, 5.74) is 0.958. The van der Waals surface area contributed by atoms with E-state index in [2.05, 4.69) is 25.4 Å². The fraction of sp³-hybridized carbons (Fsp3) is 0.229. The Bertz CT molecular complexity index is 1780. The van der Waals surface area contributed by atoms with E-state index in [9.17, 15) is 9.59 Å². The van der Waals surface area contributed by atoms with Crippen molar-refractivity contribution in [3.05, 3.63) is 119 Å². The number of ether oxygens (including phenoxy) is 4. The number of anilines is 1. The molecule has 0 atom stereocenters. The number of benzene rings is 3. The number of methoxy groups -OCH3 is 2. The first-order valence-corrected chi connectivity index (χ1v) is 15.9. The van der Waals surface area contributed by atoms with Crippen molar-refractivity contribution in [3.8, 4) is 18.0 Å². The average Bonchev–Trinajstić information content (AvgIpc) is 3.57. The van der Waals surface area contributed by atoms with Gasteiger partial charge in [0.15, 0.2) is 5.13 Å². The fourth-order valence-corrected chi connectivity index (χ4v) is 5.52. The summed E-state index contributed by atoms with van der Waals surface area (Å²) >= 11 is 1.23. The van der Waals surface area contributed by atoms with Crippen molar-refractivity contribution in [1.29, 1.82) is 0 Å². The molecule has 1 N–H and O–H groups in total. The Morgan fingerprint density at radius 2 is 1.22 bits per heavy atom. The smallest absolute Gasteiger partial charge is 0.370 e. The Labute approximate surface area is 286 Å². The van der Waals surface area contributed by atoms with Crippen molar-refractivity contribution in [2.24, 2.45) is 5.16 Å². The molecule has 0 aliphatic carbocycles. The lowest BCUT2D eigenvalue weighted by Crippen LogP contribution is -2.38. The highest BCUT2D eigenvalue weighted by molar-refractivity contribution is 7.14. The summed E-state index contributed by atoms with van der Waals surface area (Å²) in [5, 5.41) is 9.67. The number of thiazole rings is 1. The molecular formula is C35H34N6O7S. The second-order valence-corrected chi connectivity index (χ2v) is 12.1. The molecule has 0 spiro atoms. The van der Waals surface area contributed by atoms with E-state index in [1.54, 1.807) is 26.2 Å². The van der Waals surface area contributed by atoms with Crippen LogP contribution in [0.2, 0.25) is 0 Å². The van der Waals surface area contributed by atoms with E-state index in [1.807, 2.05) is 91.0 Å². The Morgan fingerprint density at radius 3 is 1.69 bits per heavy atom. The Balaban J connectivity index is 1.54. The molecule has 2 aromatic heterocycles. The number of hydrogen-bond acceptors (Lipinski definition) is 14. The van der Waals surface area contributed by atoms with Crippen molar-refractivity contribution in [3.63, 3.8) is 0 Å². The monoisotopic (exact) mass is 682 g/mol. The molecule has 3 aromatic carbocycles. The largest absolute Gasteiger partial charge is 0.467 e. The normalized spacial score (nSPS) is 11.7. The van der Waals surface area contributed by atoms with E-state index >= 15 is 0 Å². The summed E-state index contributed by atoms with van der Waals surface area (Å²) < 4.78 is 20.8. The maximum absolute atomic E-state index is 13.6. The Kier molecular flexibility index (Phi) is 10.8. The van der Waals surface area contributed by atoms with Gasteiger partial charge in [-0.2, -0.15) is 0 Å². The molecule has 0 saturated carbocycles. The van der Waals surface area contributed by atoms with Crippen molar-refractivity contribution < 1.29 is 33.4 Å². The van der Waals surface area contributed by atoms with Crippen LogP contribution in [0.25, 0.3) is 0 Å². The lowest BCUT2D eigenvalue weighted by molar-refractivity contribution is -0.160. The van der Waals surface area contributed by atoms with Gasteiger partial charge in [0.25, 0.3) is 0 Å². The van der Waals surface area contributed by atoms with Crippen LogP contribution in [0, 0.1) is 0 Å². The fourth-order valence-electron chi connectivity index (χ4n) is 4.77. The quantitative estimate of drug-likeness (QED) is 0.0730. The van der Waals surface area contributed by atoms with Gasteiger partial charge in [-0.1, -0.05) is 96.2 Å². The zero-order valence-corrected chi connectivity index (χ0v) is 28.3. The number of rotatable bonds is 13. The van der Waals surface area contributed by atoms with Crippen LogP contribution in [-0.2, 0) is 24.7 Å². The maximum Gasteiger partial charge on any atom is 0.370 e. The Hall–Kier alpha value is -5.89. The minimum absolute atomic E-state index is 0.0951. The van der Waals surface area contributed by atoms with E-state index < -0.39 is 35.7 Å². The van der Waals surface area contributed by atoms with Crippen molar-refractivity contribution in [2.45, 2.75) is 31.9 Å². The predicted octanol–water partition coefficient (Wildman–Crippen LogP) is 5.42. The average molecular weight is 683 g/mol. The van der Waals surface area contributed by atoms with Gasteiger partial charge in [0.1, 0.15) is 16.8 Å². The van der Waals surface area contributed by atoms with E-state index in [0.717, 1.165) is 16.7 Å². The van der Waals surface area contributed by atoms with Crippen molar-refractivity contribution in [1.82, 2.24) is 19.9 Å². The topological polar surface area (TPSA) is 156 Å². The molecule has 0 fully saturated rings. The molecule has 0 unspecified atom stereocenters. The first kappa shape index (κ1) is 34.4. The summed E-state index contributed by atoms with van der Waals surface area (Å²) in [4.78, 5) is 47.7. The van der Waals surface area contributed by atoms with Crippen LogP contribution in [0.15, 0.2) is 102 Å². The first-order chi connectivity index (χ1) is 23.6. The van der Waals surface area contributed by atoms with Gasteiger partial charge in [0, 0.05) is 5.38 Å². The zero-order chi connectivity index (χ0) is 34.9.